The topological polar surface area (TPSA) is 70.4 Å². The molecule has 0 amide bonds. The minimum Gasteiger partial charge on any atom is -0.464 e. The molecular formula is C11H16N2O4. The van der Waals surface area contributed by atoms with Crippen molar-refractivity contribution in [3.05, 3.63) is 18.0 Å². The van der Waals surface area contributed by atoms with Crippen LogP contribution in [0.4, 0.5) is 0 Å². The number of rotatable bonds is 3. The van der Waals surface area contributed by atoms with Gasteiger partial charge >= 0.3 is 11.9 Å². The smallest absolute Gasteiger partial charge is 0.356 e. The Morgan fingerprint density at radius 2 is 2.06 bits per heavy atom. The van der Waals surface area contributed by atoms with Crippen molar-refractivity contribution in [2.45, 2.75) is 32.9 Å². The monoisotopic (exact) mass is 240 g/mol. The Hall–Kier alpha value is -1.85. The van der Waals surface area contributed by atoms with Gasteiger partial charge in [-0.1, -0.05) is 0 Å². The van der Waals surface area contributed by atoms with Crippen LogP contribution in [-0.2, 0) is 20.8 Å². The normalized spacial score (nSPS) is 11.1. The number of carbonyl (C=O) groups excluding carboxylic acids is 2. The molecule has 0 bridgehead atoms. The van der Waals surface area contributed by atoms with E-state index in [1.54, 1.807) is 20.8 Å². The van der Waals surface area contributed by atoms with Crippen LogP contribution in [0.3, 0.4) is 0 Å². The molecule has 0 spiro atoms. The van der Waals surface area contributed by atoms with Gasteiger partial charge in [-0.25, -0.2) is 9.48 Å². The second kappa shape index (κ2) is 4.99. The molecule has 94 valence electrons. The number of ether oxygens (including phenoxy) is 2. The van der Waals surface area contributed by atoms with E-state index in [1.165, 1.54) is 24.1 Å². The quantitative estimate of drug-likeness (QED) is 0.737. The van der Waals surface area contributed by atoms with E-state index in [4.69, 9.17) is 4.74 Å². The molecule has 1 rings (SSSR count). The van der Waals surface area contributed by atoms with Crippen LogP contribution < -0.4 is 0 Å². The molecule has 0 aliphatic heterocycles. The number of nitrogens with zero attached hydrogens (tertiary/aromatic N) is 2. The van der Waals surface area contributed by atoms with Crippen LogP contribution in [0.25, 0.3) is 0 Å². The summed E-state index contributed by atoms with van der Waals surface area (Å²) in [5, 5.41) is 3.87. The fourth-order valence-corrected chi connectivity index (χ4v) is 1.23. The summed E-state index contributed by atoms with van der Waals surface area (Å²) in [6.45, 7) is 5.20. The summed E-state index contributed by atoms with van der Waals surface area (Å²) >= 11 is 0. The Bertz CT molecular complexity index is 417. The molecule has 1 aromatic rings. The first-order chi connectivity index (χ1) is 7.83. The summed E-state index contributed by atoms with van der Waals surface area (Å²) < 4.78 is 10.9. The van der Waals surface area contributed by atoms with Gasteiger partial charge in [0.15, 0.2) is 0 Å². The fourth-order valence-electron chi connectivity index (χ4n) is 1.23. The van der Waals surface area contributed by atoms with Crippen molar-refractivity contribution < 1.29 is 19.1 Å². The van der Waals surface area contributed by atoms with Crippen molar-refractivity contribution in [1.29, 1.82) is 0 Å². The number of aromatic nitrogens is 2. The van der Waals surface area contributed by atoms with Crippen LogP contribution in [0.15, 0.2) is 12.3 Å². The molecule has 0 atom stereocenters. The van der Waals surface area contributed by atoms with Gasteiger partial charge < -0.3 is 9.47 Å². The minimum atomic E-state index is -0.560. The number of esters is 2. The van der Waals surface area contributed by atoms with Gasteiger partial charge in [-0.2, -0.15) is 5.10 Å². The predicted molar refractivity (Wildman–Crippen MR) is 59.4 cm³/mol. The second-order valence-corrected chi connectivity index (χ2v) is 4.45. The highest BCUT2D eigenvalue weighted by molar-refractivity contribution is 5.87. The van der Waals surface area contributed by atoms with Crippen molar-refractivity contribution in [2.24, 2.45) is 0 Å². The molecule has 17 heavy (non-hydrogen) atoms. The third kappa shape index (κ3) is 3.90. The number of hydrogen-bond acceptors (Lipinski definition) is 5. The average molecular weight is 240 g/mol. The molecule has 0 aliphatic rings. The van der Waals surface area contributed by atoms with E-state index >= 15 is 0 Å². The Morgan fingerprint density at radius 1 is 1.41 bits per heavy atom. The summed E-state index contributed by atoms with van der Waals surface area (Å²) in [6, 6.07) is 1.48. The van der Waals surface area contributed by atoms with E-state index < -0.39 is 17.5 Å². The summed E-state index contributed by atoms with van der Waals surface area (Å²) in [7, 11) is 1.27. The summed E-state index contributed by atoms with van der Waals surface area (Å²) in [4.78, 5) is 22.9. The molecular weight excluding hydrogens is 224 g/mol. The maximum atomic E-state index is 11.6. The maximum Gasteiger partial charge on any atom is 0.356 e. The molecule has 1 aromatic heterocycles. The first kappa shape index (κ1) is 13.2. The van der Waals surface area contributed by atoms with Crippen molar-refractivity contribution in [3.63, 3.8) is 0 Å². The van der Waals surface area contributed by atoms with Crippen LogP contribution >= 0.6 is 0 Å². The van der Waals surface area contributed by atoms with Crippen molar-refractivity contribution in [3.8, 4) is 0 Å². The fraction of sp³-hybridized carbons (Fsp3) is 0.545. The molecule has 0 fully saturated rings. The largest absolute Gasteiger partial charge is 0.464 e. The Balaban J connectivity index is 2.72. The van der Waals surface area contributed by atoms with Crippen molar-refractivity contribution in [2.75, 3.05) is 7.11 Å². The predicted octanol–water partition coefficient (Wildman–Crippen LogP) is 1.01. The van der Waals surface area contributed by atoms with Crippen LogP contribution in [0.5, 0.6) is 0 Å². The highest BCUT2D eigenvalue weighted by atomic mass is 16.6. The zero-order valence-electron chi connectivity index (χ0n) is 10.4. The summed E-state index contributed by atoms with van der Waals surface area (Å²) in [5.41, 5.74) is -0.339. The molecule has 0 radical (unpaired) electrons. The Labute approximate surface area is 99.5 Å². The lowest BCUT2D eigenvalue weighted by Gasteiger charge is -2.19. The summed E-state index contributed by atoms with van der Waals surface area (Å²) in [6.07, 6.45) is 1.43. The molecule has 0 unspecified atom stereocenters. The maximum absolute atomic E-state index is 11.6. The summed E-state index contributed by atoms with van der Waals surface area (Å²) in [5.74, 6) is -0.989. The van der Waals surface area contributed by atoms with E-state index in [0.717, 1.165) is 0 Å². The van der Waals surface area contributed by atoms with Crippen LogP contribution in [0, 0.1) is 0 Å². The highest BCUT2D eigenvalue weighted by Crippen LogP contribution is 2.08. The zero-order chi connectivity index (χ0) is 13.1. The second-order valence-electron chi connectivity index (χ2n) is 4.45. The molecule has 0 N–H and O–H groups in total. The highest BCUT2D eigenvalue weighted by Gasteiger charge is 2.19. The Morgan fingerprint density at radius 3 is 2.59 bits per heavy atom. The molecule has 0 aromatic carbocycles. The van der Waals surface area contributed by atoms with Crippen LogP contribution in [0.2, 0.25) is 0 Å². The van der Waals surface area contributed by atoms with Gasteiger partial charge in [0.2, 0.25) is 0 Å². The van der Waals surface area contributed by atoms with Gasteiger partial charge in [-0.3, -0.25) is 4.79 Å². The first-order valence-electron chi connectivity index (χ1n) is 5.15. The Kier molecular flexibility index (Phi) is 3.88. The van der Waals surface area contributed by atoms with Gasteiger partial charge in [0.25, 0.3) is 0 Å². The molecule has 0 aliphatic carbocycles. The lowest BCUT2D eigenvalue weighted by atomic mass is 10.2. The van der Waals surface area contributed by atoms with Crippen molar-refractivity contribution in [1.82, 2.24) is 9.78 Å². The molecule has 0 saturated heterocycles. The van der Waals surface area contributed by atoms with E-state index in [1.807, 2.05) is 0 Å². The van der Waals surface area contributed by atoms with E-state index in [-0.39, 0.29) is 12.2 Å². The minimum absolute atomic E-state index is 0.116. The third-order valence-corrected chi connectivity index (χ3v) is 1.81. The molecule has 6 heteroatoms. The van der Waals surface area contributed by atoms with Gasteiger partial charge in [0.1, 0.15) is 17.8 Å². The number of methoxy groups -OCH3 is 1. The van der Waals surface area contributed by atoms with Crippen LogP contribution in [0.1, 0.15) is 31.3 Å². The van der Waals surface area contributed by atoms with Crippen molar-refractivity contribution >= 4 is 11.9 Å². The van der Waals surface area contributed by atoms with Crippen LogP contribution in [-0.4, -0.2) is 34.4 Å². The number of carbonyl (C=O) groups is 2. The first-order valence-corrected chi connectivity index (χ1v) is 5.15. The van der Waals surface area contributed by atoms with E-state index in [9.17, 15) is 9.59 Å². The molecule has 1 heterocycles. The SMILES string of the molecule is COC(=O)c1ccnn1CC(=O)OC(C)(C)C. The lowest BCUT2D eigenvalue weighted by molar-refractivity contribution is -0.155. The molecule has 6 nitrogen and oxygen atoms in total. The van der Waals surface area contributed by atoms with E-state index in [2.05, 4.69) is 9.84 Å². The third-order valence-electron chi connectivity index (χ3n) is 1.81. The number of hydrogen-bond donors (Lipinski definition) is 0. The average Bonchev–Trinajstić information content (AvgIpc) is 2.61. The standard InChI is InChI=1S/C11H16N2O4/c1-11(2,3)17-9(14)7-13-8(5-6-12-13)10(15)16-4/h5-6H,7H2,1-4H3. The van der Waals surface area contributed by atoms with Gasteiger partial charge in [-0.05, 0) is 26.8 Å². The van der Waals surface area contributed by atoms with Gasteiger partial charge in [-0.15, -0.1) is 0 Å². The lowest BCUT2D eigenvalue weighted by Crippen LogP contribution is -2.27. The zero-order valence-corrected chi connectivity index (χ0v) is 10.4. The molecule has 0 saturated carbocycles. The van der Waals surface area contributed by atoms with Gasteiger partial charge in [0, 0.05) is 6.20 Å². The van der Waals surface area contributed by atoms with E-state index in [0.29, 0.717) is 0 Å². The van der Waals surface area contributed by atoms with Gasteiger partial charge in [0.05, 0.1) is 7.11 Å².